The van der Waals surface area contributed by atoms with Gasteiger partial charge in [-0.05, 0) is 23.7 Å². The highest BCUT2D eigenvalue weighted by Crippen LogP contribution is 2.23. The molecule has 1 N–H and O–H groups in total. The van der Waals surface area contributed by atoms with Crippen LogP contribution in [0.5, 0.6) is 0 Å². The van der Waals surface area contributed by atoms with E-state index in [1.165, 1.54) is 12.3 Å². The van der Waals surface area contributed by atoms with Gasteiger partial charge in [0.25, 0.3) is 0 Å². The quantitative estimate of drug-likeness (QED) is 0.805. The molecule has 0 amide bonds. The van der Waals surface area contributed by atoms with Gasteiger partial charge in [0.1, 0.15) is 6.20 Å². The summed E-state index contributed by atoms with van der Waals surface area (Å²) in [6, 6.07) is 5.78. The molecule has 2 aromatic rings. The second-order valence-corrected chi connectivity index (χ2v) is 3.23. The molecule has 5 heteroatoms. The maximum Gasteiger partial charge on any atom is 0.337 e. The first kappa shape index (κ1) is 8.83. The van der Waals surface area contributed by atoms with E-state index < -0.39 is 5.97 Å². The van der Waals surface area contributed by atoms with Gasteiger partial charge in [0, 0.05) is 12.3 Å². The Morgan fingerprint density at radius 1 is 1.57 bits per heavy atom. The number of nitrogens with zero attached hydrogens (tertiary/aromatic N) is 2. The van der Waals surface area contributed by atoms with Crippen LogP contribution in [-0.4, -0.2) is 20.4 Å². The standard InChI is InChI=1S/C9H4N2O2S/c12-9(13)6-2-1-4-10-8(6)7-3-5-11-14-7/h1-2,4H,(H,12,13). The Hall–Kier alpha value is -1.75. The van der Waals surface area contributed by atoms with Crippen LogP contribution in [0, 0.1) is 12.3 Å². The number of carbonyl (C=O) groups is 1. The average Bonchev–Trinajstić information content (AvgIpc) is 2.70. The number of hydrogen-bond acceptors (Lipinski definition) is 4. The van der Waals surface area contributed by atoms with Gasteiger partial charge in [-0.1, -0.05) is 0 Å². The Morgan fingerprint density at radius 3 is 3.07 bits per heavy atom. The predicted molar refractivity (Wildman–Crippen MR) is 50.0 cm³/mol. The maximum atomic E-state index is 10.8. The van der Waals surface area contributed by atoms with E-state index in [1.807, 2.05) is 0 Å². The van der Waals surface area contributed by atoms with Crippen LogP contribution in [0.25, 0.3) is 10.6 Å². The van der Waals surface area contributed by atoms with Crippen molar-refractivity contribution in [2.75, 3.05) is 0 Å². The number of carboxylic acids is 1. The van der Waals surface area contributed by atoms with Gasteiger partial charge in [0.15, 0.2) is 0 Å². The molecule has 68 valence electrons. The lowest BCUT2D eigenvalue weighted by atomic mass is 10.2. The summed E-state index contributed by atoms with van der Waals surface area (Å²) < 4.78 is 3.73. The summed E-state index contributed by atoms with van der Waals surface area (Å²) in [6.45, 7) is 0. The molecule has 0 fully saturated rings. The monoisotopic (exact) mass is 204 g/mol. The molecular weight excluding hydrogens is 200 g/mol. The molecule has 4 nitrogen and oxygen atoms in total. The van der Waals surface area contributed by atoms with Gasteiger partial charge in [-0.15, -0.1) is 0 Å². The summed E-state index contributed by atoms with van der Waals surface area (Å²) in [5.74, 6) is -1.00. The van der Waals surface area contributed by atoms with Gasteiger partial charge in [-0.25, -0.2) is 4.79 Å². The molecule has 0 unspecified atom stereocenters. The first-order valence-corrected chi connectivity index (χ1v) is 4.50. The highest BCUT2D eigenvalue weighted by Gasteiger charge is 2.13. The van der Waals surface area contributed by atoms with Crippen molar-refractivity contribution in [2.45, 2.75) is 0 Å². The Kier molecular flexibility index (Phi) is 2.24. The zero-order chi connectivity index (χ0) is 9.97. The van der Waals surface area contributed by atoms with Crippen molar-refractivity contribution in [3.63, 3.8) is 0 Å². The van der Waals surface area contributed by atoms with Gasteiger partial charge in [0.2, 0.25) is 0 Å². The highest BCUT2D eigenvalue weighted by atomic mass is 32.1. The maximum absolute atomic E-state index is 10.8. The van der Waals surface area contributed by atoms with Crippen molar-refractivity contribution >= 4 is 17.5 Å². The minimum absolute atomic E-state index is 0.154. The van der Waals surface area contributed by atoms with Crippen molar-refractivity contribution in [1.82, 2.24) is 9.36 Å². The smallest absolute Gasteiger partial charge is 0.337 e. The van der Waals surface area contributed by atoms with E-state index >= 15 is 0 Å². The van der Waals surface area contributed by atoms with Crippen molar-refractivity contribution in [1.29, 1.82) is 0 Å². The third-order valence-corrected chi connectivity index (χ3v) is 2.27. The summed E-state index contributed by atoms with van der Waals surface area (Å²) in [4.78, 5) is 15.4. The van der Waals surface area contributed by atoms with Gasteiger partial charge >= 0.3 is 5.97 Å². The SMILES string of the molecule is O=C(O)c1cccnc1-c1[c][c]ns1. The third kappa shape index (κ3) is 1.49. The van der Waals surface area contributed by atoms with Crippen LogP contribution in [0.3, 0.4) is 0 Å². The summed E-state index contributed by atoms with van der Waals surface area (Å²) in [7, 11) is 0. The molecule has 0 bridgehead atoms. The number of aromatic nitrogens is 2. The van der Waals surface area contributed by atoms with Crippen LogP contribution in [-0.2, 0) is 0 Å². The molecule has 0 aliphatic heterocycles. The van der Waals surface area contributed by atoms with Crippen LogP contribution >= 0.6 is 11.5 Å². The second-order valence-electron chi connectivity index (χ2n) is 2.45. The predicted octanol–water partition coefficient (Wildman–Crippen LogP) is 1.50. The Labute approximate surface area is 84.0 Å². The van der Waals surface area contributed by atoms with Crippen molar-refractivity contribution in [3.8, 4) is 10.6 Å². The van der Waals surface area contributed by atoms with Crippen LogP contribution in [0.15, 0.2) is 18.3 Å². The van der Waals surface area contributed by atoms with Gasteiger partial charge in [-0.3, -0.25) is 4.98 Å². The van der Waals surface area contributed by atoms with Crippen molar-refractivity contribution in [2.24, 2.45) is 0 Å². The summed E-state index contributed by atoms with van der Waals surface area (Å²) in [6.07, 6.45) is 4.04. The lowest BCUT2D eigenvalue weighted by molar-refractivity contribution is 0.0697. The molecule has 0 saturated carbocycles. The van der Waals surface area contributed by atoms with Crippen LogP contribution in [0.4, 0.5) is 0 Å². The fraction of sp³-hybridized carbons (Fsp3) is 0. The molecule has 0 aromatic carbocycles. The minimum Gasteiger partial charge on any atom is -0.478 e. The van der Waals surface area contributed by atoms with Crippen LogP contribution < -0.4 is 0 Å². The molecule has 0 atom stereocenters. The van der Waals surface area contributed by atoms with E-state index in [0.717, 1.165) is 11.5 Å². The van der Waals surface area contributed by atoms with E-state index in [4.69, 9.17) is 5.11 Å². The second kappa shape index (κ2) is 3.55. The van der Waals surface area contributed by atoms with E-state index in [-0.39, 0.29) is 5.56 Å². The van der Waals surface area contributed by atoms with Gasteiger partial charge in [0.05, 0.1) is 16.1 Å². The highest BCUT2D eigenvalue weighted by molar-refractivity contribution is 7.09. The summed E-state index contributed by atoms with van der Waals surface area (Å²) in [5.41, 5.74) is 0.542. The third-order valence-electron chi connectivity index (χ3n) is 1.61. The largest absolute Gasteiger partial charge is 0.478 e. The molecule has 0 aliphatic carbocycles. The molecule has 0 saturated heterocycles. The average molecular weight is 204 g/mol. The molecule has 2 heterocycles. The van der Waals surface area contributed by atoms with Crippen molar-refractivity contribution < 1.29 is 9.90 Å². The molecule has 2 aromatic heterocycles. The van der Waals surface area contributed by atoms with E-state index in [9.17, 15) is 4.79 Å². The molecular formula is C9H4N2O2S. The Bertz CT molecular complexity index is 454. The molecule has 2 radical (unpaired) electrons. The van der Waals surface area contributed by atoms with E-state index in [1.54, 1.807) is 6.07 Å². The molecule has 0 aliphatic rings. The zero-order valence-corrected chi connectivity index (χ0v) is 7.71. The first-order chi connectivity index (χ1) is 6.79. The number of pyridine rings is 1. The normalized spacial score (nSPS) is 10.0. The van der Waals surface area contributed by atoms with Crippen LogP contribution in [0.2, 0.25) is 0 Å². The fourth-order valence-corrected chi connectivity index (χ4v) is 1.55. The fourth-order valence-electron chi connectivity index (χ4n) is 1.03. The van der Waals surface area contributed by atoms with Crippen LogP contribution in [0.1, 0.15) is 10.4 Å². The molecule has 0 spiro atoms. The van der Waals surface area contributed by atoms with E-state index in [0.29, 0.717) is 10.6 Å². The lowest BCUT2D eigenvalue weighted by Crippen LogP contribution is -2.00. The Morgan fingerprint density at radius 2 is 2.43 bits per heavy atom. The summed E-state index contributed by atoms with van der Waals surface area (Å²) >= 11 is 1.12. The number of rotatable bonds is 2. The first-order valence-electron chi connectivity index (χ1n) is 3.73. The summed E-state index contributed by atoms with van der Waals surface area (Å²) in [5, 5.41) is 8.88. The topological polar surface area (TPSA) is 63.1 Å². The van der Waals surface area contributed by atoms with Gasteiger partial charge in [-0.2, -0.15) is 4.37 Å². The van der Waals surface area contributed by atoms with E-state index in [2.05, 4.69) is 21.6 Å². The zero-order valence-electron chi connectivity index (χ0n) is 6.89. The lowest BCUT2D eigenvalue weighted by Gasteiger charge is -1.99. The molecule has 14 heavy (non-hydrogen) atoms. The number of hydrogen-bond donors (Lipinski definition) is 1. The minimum atomic E-state index is -1.00. The number of aromatic carboxylic acids is 1. The van der Waals surface area contributed by atoms with Gasteiger partial charge < -0.3 is 5.11 Å². The molecule has 2 rings (SSSR count). The van der Waals surface area contributed by atoms with Crippen molar-refractivity contribution in [3.05, 3.63) is 36.2 Å². The number of carboxylic acid groups (broad SMARTS) is 1. The Balaban J connectivity index is 2.58.